The average Bonchev–Trinajstić information content (AvgIpc) is 3.69. The molecule has 3 unspecified atom stereocenters. The maximum atomic E-state index is 9.31. The van der Waals surface area contributed by atoms with Crippen molar-refractivity contribution in [3.63, 3.8) is 0 Å². The Morgan fingerprint density at radius 1 is 0.934 bits per heavy atom. The second-order valence-electron chi connectivity index (χ2n) is 16.4. The number of halogens is 1. The molecule has 61 heavy (non-hydrogen) atoms. The van der Waals surface area contributed by atoms with E-state index in [0.717, 1.165) is 73.5 Å². The molecule has 1 aliphatic carbocycles. The zero-order valence-corrected chi connectivity index (χ0v) is 39.3. The molecule has 4 aromatic carbocycles. The van der Waals surface area contributed by atoms with Crippen molar-refractivity contribution >= 4 is 17.7 Å². The van der Waals surface area contributed by atoms with E-state index in [2.05, 4.69) is 102 Å². The quantitative estimate of drug-likeness (QED) is 0.0681. The summed E-state index contributed by atoms with van der Waals surface area (Å²) >= 11 is 6.68. The Hall–Kier alpha value is -4.12. The number of aryl methyl sites for hydroxylation is 1. The van der Waals surface area contributed by atoms with Gasteiger partial charge in [0.1, 0.15) is 17.6 Å². The summed E-state index contributed by atoms with van der Waals surface area (Å²) in [6.45, 7) is 21.3. The number of fused-ring (bicyclic) bond motifs is 1. The second kappa shape index (κ2) is 28.5. The van der Waals surface area contributed by atoms with Crippen LogP contribution in [0.25, 0.3) is 17.2 Å². The molecule has 0 radical (unpaired) electrons. The van der Waals surface area contributed by atoms with E-state index < -0.39 is 0 Å². The fraction of sp³-hybridized carbons (Fsp3) is 0.500. The minimum absolute atomic E-state index is 0.00351. The number of aliphatic hydroxyl groups excluding tert-OH is 1. The zero-order valence-electron chi connectivity index (χ0n) is 38.6. The molecule has 6 nitrogen and oxygen atoms in total. The first kappa shape index (κ1) is 51.2. The van der Waals surface area contributed by atoms with Crippen LogP contribution in [-0.2, 0) is 25.8 Å². The number of ether oxygens (including phenoxy) is 2. The number of nitriles is 1. The molecule has 332 valence electrons. The number of rotatable bonds is 22. The van der Waals surface area contributed by atoms with Gasteiger partial charge >= 0.3 is 0 Å². The van der Waals surface area contributed by atoms with Crippen LogP contribution >= 0.6 is 11.6 Å². The van der Waals surface area contributed by atoms with Gasteiger partial charge in [-0.1, -0.05) is 147 Å². The predicted molar refractivity (Wildman–Crippen MR) is 260 cm³/mol. The SMILES string of the molecule is C=Cc1cc(OC2CCc3c(-c4cccc(OCCCC)c4C)cccc32)c(Cl)cc1CNC(C)CO.CCCCCC(CC)CCC.CCc1cc(C#N)cc(CCN)c1. The van der Waals surface area contributed by atoms with E-state index in [4.69, 9.17) is 32.1 Å². The fourth-order valence-electron chi connectivity index (χ4n) is 7.91. The molecular formula is C54H76ClN3O3. The van der Waals surface area contributed by atoms with E-state index in [1.54, 1.807) is 0 Å². The standard InChI is InChI=1S/C32H38ClNO3.C11H14N2.C11H24/c1-5-7-16-36-30-13-9-10-25(22(30)4)26-11-8-12-28-27(26)14-15-31(28)37-32-18-23(6-2)24(17-29(32)33)19-34-21(3)20-35;1-2-9-5-10(3-4-12)7-11(6-9)8-13;1-4-7-8-10-11(6-3)9-5-2/h6,8-13,17-18,21,31,34-35H,2,5,7,14-16,19-20H2,1,3-4H3;5-7H,2-4,12H2,1H3;11H,4-10H2,1-3H3. The summed E-state index contributed by atoms with van der Waals surface area (Å²) in [6, 6.07) is 24.9. The summed E-state index contributed by atoms with van der Waals surface area (Å²) < 4.78 is 12.6. The predicted octanol–water partition coefficient (Wildman–Crippen LogP) is 13.7. The zero-order chi connectivity index (χ0) is 44.6. The molecule has 0 saturated carbocycles. The van der Waals surface area contributed by atoms with Crippen molar-refractivity contribution in [2.24, 2.45) is 11.7 Å². The van der Waals surface area contributed by atoms with Crippen LogP contribution in [0.5, 0.6) is 11.5 Å². The molecule has 4 N–H and O–H groups in total. The number of nitrogens with one attached hydrogen (secondary N) is 1. The molecule has 0 aromatic heterocycles. The van der Waals surface area contributed by atoms with Gasteiger partial charge in [-0.3, -0.25) is 0 Å². The topological polar surface area (TPSA) is 101 Å². The molecule has 7 heteroatoms. The van der Waals surface area contributed by atoms with Crippen LogP contribution in [0.3, 0.4) is 0 Å². The van der Waals surface area contributed by atoms with Crippen molar-refractivity contribution in [1.29, 1.82) is 5.26 Å². The monoisotopic (exact) mass is 850 g/mol. The number of hydrogen-bond acceptors (Lipinski definition) is 6. The van der Waals surface area contributed by atoms with Crippen molar-refractivity contribution in [2.45, 2.75) is 151 Å². The van der Waals surface area contributed by atoms with Gasteiger partial charge in [0.15, 0.2) is 0 Å². The Morgan fingerprint density at radius 3 is 2.33 bits per heavy atom. The number of hydrogen-bond donors (Lipinski definition) is 3. The number of aliphatic hydroxyl groups is 1. The molecule has 0 bridgehead atoms. The van der Waals surface area contributed by atoms with Crippen molar-refractivity contribution in [3.05, 3.63) is 123 Å². The highest BCUT2D eigenvalue weighted by molar-refractivity contribution is 6.32. The van der Waals surface area contributed by atoms with Gasteiger partial charge < -0.3 is 25.6 Å². The van der Waals surface area contributed by atoms with Crippen molar-refractivity contribution in [3.8, 4) is 28.7 Å². The molecular weight excluding hydrogens is 774 g/mol. The summed E-state index contributed by atoms with van der Waals surface area (Å²) in [5.41, 5.74) is 16.8. The molecule has 0 amide bonds. The highest BCUT2D eigenvalue weighted by Crippen LogP contribution is 2.43. The molecule has 3 atom stereocenters. The Kier molecular flexibility index (Phi) is 23.9. The molecule has 0 fully saturated rings. The first-order valence-electron chi connectivity index (χ1n) is 23.1. The average molecular weight is 851 g/mol. The van der Waals surface area contributed by atoms with Crippen LogP contribution in [0.4, 0.5) is 0 Å². The van der Waals surface area contributed by atoms with Gasteiger partial charge in [0.05, 0.1) is 29.9 Å². The summed E-state index contributed by atoms with van der Waals surface area (Å²) in [5, 5.41) is 22.0. The van der Waals surface area contributed by atoms with Crippen LogP contribution < -0.4 is 20.5 Å². The number of unbranched alkanes of at least 4 members (excludes halogenated alkanes) is 3. The maximum absolute atomic E-state index is 9.31. The second-order valence-corrected chi connectivity index (χ2v) is 16.8. The maximum Gasteiger partial charge on any atom is 0.139 e. The van der Waals surface area contributed by atoms with Crippen LogP contribution in [0.15, 0.2) is 73.3 Å². The van der Waals surface area contributed by atoms with Crippen LogP contribution in [0.2, 0.25) is 5.02 Å². The van der Waals surface area contributed by atoms with Crippen LogP contribution in [0.1, 0.15) is 156 Å². The summed E-state index contributed by atoms with van der Waals surface area (Å²) in [7, 11) is 0. The summed E-state index contributed by atoms with van der Waals surface area (Å²) in [4.78, 5) is 0. The van der Waals surface area contributed by atoms with Gasteiger partial charge in [0, 0.05) is 12.6 Å². The summed E-state index contributed by atoms with van der Waals surface area (Å²) in [6.07, 6.45) is 17.5. The number of benzene rings is 4. The Labute approximate surface area is 374 Å². The van der Waals surface area contributed by atoms with Crippen LogP contribution in [0, 0.1) is 24.2 Å². The van der Waals surface area contributed by atoms with Crippen LogP contribution in [-0.4, -0.2) is 30.9 Å². The lowest BCUT2D eigenvalue weighted by Crippen LogP contribution is -2.28. The van der Waals surface area contributed by atoms with Gasteiger partial charge in [0.2, 0.25) is 0 Å². The lowest BCUT2D eigenvalue weighted by atomic mass is 9.93. The van der Waals surface area contributed by atoms with E-state index in [0.29, 0.717) is 23.9 Å². The van der Waals surface area contributed by atoms with E-state index in [1.165, 1.54) is 83.9 Å². The third-order valence-corrected chi connectivity index (χ3v) is 12.0. The molecule has 0 saturated heterocycles. The largest absolute Gasteiger partial charge is 0.493 e. The molecule has 1 aliphatic rings. The lowest BCUT2D eigenvalue weighted by molar-refractivity contribution is 0.207. The number of nitrogens with zero attached hydrogens (tertiary/aromatic N) is 1. The minimum Gasteiger partial charge on any atom is -0.493 e. The Morgan fingerprint density at radius 2 is 1.67 bits per heavy atom. The molecule has 5 rings (SSSR count). The van der Waals surface area contributed by atoms with E-state index >= 15 is 0 Å². The third kappa shape index (κ3) is 16.3. The molecule has 0 aliphatic heterocycles. The lowest BCUT2D eigenvalue weighted by Gasteiger charge is -2.19. The normalized spacial score (nSPS) is 13.8. The Bertz CT molecular complexity index is 1950. The summed E-state index contributed by atoms with van der Waals surface area (Å²) in [5.74, 6) is 2.65. The molecule has 4 aromatic rings. The first-order chi connectivity index (χ1) is 29.6. The van der Waals surface area contributed by atoms with Crippen molar-refractivity contribution < 1.29 is 14.6 Å². The number of nitrogens with two attached hydrogens (primary N) is 1. The highest BCUT2D eigenvalue weighted by atomic mass is 35.5. The van der Waals surface area contributed by atoms with Gasteiger partial charge in [-0.15, -0.1) is 0 Å². The first-order valence-corrected chi connectivity index (χ1v) is 23.5. The van der Waals surface area contributed by atoms with E-state index in [9.17, 15) is 5.11 Å². The smallest absolute Gasteiger partial charge is 0.139 e. The Balaban J connectivity index is 0.000000337. The molecule has 0 heterocycles. The van der Waals surface area contributed by atoms with Gasteiger partial charge in [-0.2, -0.15) is 5.26 Å². The third-order valence-electron chi connectivity index (χ3n) is 11.7. The fourth-order valence-corrected chi connectivity index (χ4v) is 8.14. The van der Waals surface area contributed by atoms with E-state index in [-0.39, 0.29) is 18.8 Å². The van der Waals surface area contributed by atoms with Gasteiger partial charge in [-0.25, -0.2) is 0 Å². The van der Waals surface area contributed by atoms with Gasteiger partial charge in [-0.05, 0) is 139 Å². The highest BCUT2D eigenvalue weighted by Gasteiger charge is 2.28. The van der Waals surface area contributed by atoms with Crippen molar-refractivity contribution in [1.82, 2.24) is 5.32 Å². The minimum atomic E-state index is -0.0622. The van der Waals surface area contributed by atoms with Gasteiger partial charge in [0.25, 0.3) is 0 Å². The molecule has 0 spiro atoms. The van der Waals surface area contributed by atoms with E-state index in [1.807, 2.05) is 37.3 Å². The van der Waals surface area contributed by atoms with Crippen molar-refractivity contribution in [2.75, 3.05) is 19.8 Å².